The first-order chi connectivity index (χ1) is 55.6. The molecular formula is C108H72N4. The fourth-order valence-electron chi connectivity index (χ4n) is 17.5. The summed E-state index contributed by atoms with van der Waals surface area (Å²) in [5, 5.41) is 9.97. The van der Waals surface area contributed by atoms with Crippen LogP contribution in [0.3, 0.4) is 0 Å². The van der Waals surface area contributed by atoms with Crippen LogP contribution in [0.2, 0.25) is 0 Å². The Labute approximate surface area is 649 Å². The zero-order valence-electron chi connectivity index (χ0n) is 61.4. The summed E-state index contributed by atoms with van der Waals surface area (Å²) in [6.45, 7) is 0. The predicted molar refractivity (Wildman–Crippen MR) is 474 cm³/mol. The Hall–Kier alpha value is -14.8. The highest BCUT2D eigenvalue weighted by Crippen LogP contribution is 2.45. The van der Waals surface area contributed by atoms with Gasteiger partial charge in [-0.25, -0.2) is 0 Å². The summed E-state index contributed by atoms with van der Waals surface area (Å²) in [6, 6.07) is 159. The average Bonchev–Trinajstić information content (AvgIpc) is 1.58. The highest BCUT2D eigenvalue weighted by atomic mass is 15.0. The van der Waals surface area contributed by atoms with E-state index in [-0.39, 0.29) is 0 Å². The van der Waals surface area contributed by atoms with Gasteiger partial charge in [0.1, 0.15) is 0 Å². The van der Waals surface area contributed by atoms with Crippen molar-refractivity contribution in [3.63, 3.8) is 0 Å². The van der Waals surface area contributed by atoms with Crippen LogP contribution in [0, 0.1) is 0 Å². The molecule has 0 saturated carbocycles. The lowest BCUT2D eigenvalue weighted by atomic mass is 9.94. The number of aromatic nitrogens is 4. The van der Waals surface area contributed by atoms with Gasteiger partial charge in [-0.1, -0.05) is 328 Å². The van der Waals surface area contributed by atoms with Crippen molar-refractivity contribution < 1.29 is 0 Å². The van der Waals surface area contributed by atoms with Gasteiger partial charge in [0.25, 0.3) is 0 Å². The average molecular weight is 1430 g/mol. The molecule has 0 aliphatic carbocycles. The summed E-state index contributed by atoms with van der Waals surface area (Å²) >= 11 is 0. The number of hydrogen-bond donors (Lipinski definition) is 0. The molecule has 0 N–H and O–H groups in total. The van der Waals surface area contributed by atoms with Crippen molar-refractivity contribution in [2.75, 3.05) is 0 Å². The Morgan fingerprint density at radius 3 is 0.714 bits per heavy atom. The smallest absolute Gasteiger partial charge is 0.0541 e. The van der Waals surface area contributed by atoms with Crippen LogP contribution >= 0.6 is 0 Å². The van der Waals surface area contributed by atoms with Crippen LogP contribution in [0.4, 0.5) is 0 Å². The van der Waals surface area contributed by atoms with Gasteiger partial charge in [-0.2, -0.15) is 0 Å². The van der Waals surface area contributed by atoms with Gasteiger partial charge in [-0.15, -0.1) is 0 Å². The molecule has 112 heavy (non-hydrogen) atoms. The molecule has 0 unspecified atom stereocenters. The molecule has 0 aliphatic heterocycles. The van der Waals surface area contributed by atoms with Crippen LogP contribution in [0.5, 0.6) is 0 Å². The number of nitrogens with zero attached hydrogens (tertiary/aromatic N) is 4. The molecule has 0 amide bonds. The fourth-order valence-corrected chi connectivity index (χ4v) is 17.5. The lowest BCUT2D eigenvalue weighted by Gasteiger charge is -2.15. The maximum absolute atomic E-state index is 2.43. The molecule has 4 heterocycles. The standard InChI is InChI=1S/2C54H36N2/c1-4-16-37(17-5-1)43-31-30-42(36-47(43)39-20-8-3-9-21-39)55-51-26-14-11-23-45(51)48-34-40(28-32-53(48)55)41-29-33-54-49(35-41)46-24-12-15-27-52(46)56(54)50-25-13-10-22-44(50)38-18-6-2-7-19-38;1-3-15-37(16-4-1)43-19-7-8-20-44(43)39-27-31-42(32-28-39)55-51-25-13-10-22-46(51)48-35-40(29-33-53(48)55)41-30-34-54-49(36-41)47-23-11-14-26-52(47)56(54)50-24-12-9-21-45(50)38-17-5-2-6-18-38/h2*1-36H. The van der Waals surface area contributed by atoms with Crippen LogP contribution in [0.15, 0.2) is 437 Å². The van der Waals surface area contributed by atoms with E-state index in [1.54, 1.807) is 0 Å². The molecule has 0 saturated heterocycles. The van der Waals surface area contributed by atoms with E-state index in [1.165, 1.54) is 188 Å². The summed E-state index contributed by atoms with van der Waals surface area (Å²) < 4.78 is 9.69. The monoisotopic (exact) mass is 1420 g/mol. The van der Waals surface area contributed by atoms with Crippen molar-refractivity contribution in [2.24, 2.45) is 0 Å². The van der Waals surface area contributed by atoms with E-state index in [0.717, 1.165) is 11.4 Å². The van der Waals surface area contributed by atoms with Crippen molar-refractivity contribution in [1.82, 2.24) is 18.3 Å². The Morgan fingerprint density at radius 1 is 0.116 bits per heavy atom. The highest BCUT2D eigenvalue weighted by molar-refractivity contribution is 6.15. The van der Waals surface area contributed by atoms with E-state index in [9.17, 15) is 0 Å². The number of fused-ring (bicyclic) bond motifs is 12. The van der Waals surface area contributed by atoms with E-state index in [1.807, 2.05) is 0 Å². The summed E-state index contributed by atoms with van der Waals surface area (Å²) in [5.74, 6) is 0. The summed E-state index contributed by atoms with van der Waals surface area (Å²) in [6.07, 6.45) is 0. The Morgan fingerprint density at radius 2 is 0.348 bits per heavy atom. The third-order valence-electron chi connectivity index (χ3n) is 22.7. The predicted octanol–water partition coefficient (Wildman–Crippen LogP) is 29.1. The van der Waals surface area contributed by atoms with Crippen LogP contribution in [-0.4, -0.2) is 18.3 Å². The van der Waals surface area contributed by atoms with Gasteiger partial charge in [0.05, 0.1) is 55.5 Å². The van der Waals surface area contributed by atoms with Gasteiger partial charge in [-0.3, -0.25) is 0 Å². The second-order valence-electron chi connectivity index (χ2n) is 29.0. The molecule has 22 rings (SSSR count). The maximum atomic E-state index is 2.43. The summed E-state index contributed by atoms with van der Waals surface area (Å²) in [7, 11) is 0. The van der Waals surface area contributed by atoms with E-state index in [2.05, 4.69) is 455 Å². The Balaban J connectivity index is 0.000000141. The molecule has 22 aromatic rings. The molecule has 4 aromatic heterocycles. The highest BCUT2D eigenvalue weighted by Gasteiger charge is 2.23. The second-order valence-corrected chi connectivity index (χ2v) is 29.0. The van der Waals surface area contributed by atoms with Crippen molar-refractivity contribution in [3.8, 4) is 112 Å². The molecule has 0 radical (unpaired) electrons. The van der Waals surface area contributed by atoms with E-state index in [0.29, 0.717) is 0 Å². The number of hydrogen-bond acceptors (Lipinski definition) is 0. The van der Waals surface area contributed by atoms with Gasteiger partial charge in [0.15, 0.2) is 0 Å². The Kier molecular flexibility index (Phi) is 16.2. The normalized spacial score (nSPS) is 11.6. The zero-order valence-corrected chi connectivity index (χ0v) is 61.4. The van der Waals surface area contributed by atoms with E-state index < -0.39 is 0 Å². The molecule has 0 bridgehead atoms. The minimum Gasteiger partial charge on any atom is -0.309 e. The third kappa shape index (κ3) is 11.3. The first-order valence-electron chi connectivity index (χ1n) is 38.5. The lowest BCUT2D eigenvalue weighted by Crippen LogP contribution is -1.97. The molecule has 0 atom stereocenters. The number of rotatable bonds is 12. The van der Waals surface area contributed by atoms with Gasteiger partial charge < -0.3 is 18.3 Å². The fraction of sp³-hybridized carbons (Fsp3) is 0. The molecule has 0 aliphatic rings. The molecule has 0 fully saturated rings. The first-order valence-corrected chi connectivity index (χ1v) is 38.5. The zero-order chi connectivity index (χ0) is 74.0. The first kappa shape index (κ1) is 65.5. The van der Waals surface area contributed by atoms with Crippen molar-refractivity contribution in [3.05, 3.63) is 437 Å². The topological polar surface area (TPSA) is 19.7 Å². The van der Waals surface area contributed by atoms with Crippen LogP contribution in [0.25, 0.3) is 199 Å². The number of para-hydroxylation sites is 6. The molecular weight excluding hydrogens is 1350 g/mol. The molecule has 18 aromatic carbocycles. The van der Waals surface area contributed by atoms with Gasteiger partial charge in [0.2, 0.25) is 0 Å². The third-order valence-corrected chi connectivity index (χ3v) is 22.7. The van der Waals surface area contributed by atoms with Crippen LogP contribution in [0.1, 0.15) is 0 Å². The van der Waals surface area contributed by atoms with Gasteiger partial charge in [0, 0.05) is 65.6 Å². The quantitative estimate of drug-likeness (QED) is 0.116. The van der Waals surface area contributed by atoms with Crippen LogP contribution in [-0.2, 0) is 0 Å². The molecule has 524 valence electrons. The van der Waals surface area contributed by atoms with Gasteiger partial charge >= 0.3 is 0 Å². The van der Waals surface area contributed by atoms with Gasteiger partial charge in [-0.05, 0) is 187 Å². The Bertz CT molecular complexity index is 7330. The molecule has 4 heteroatoms. The van der Waals surface area contributed by atoms with Crippen LogP contribution < -0.4 is 0 Å². The minimum atomic E-state index is 1.15. The van der Waals surface area contributed by atoms with E-state index >= 15 is 0 Å². The summed E-state index contributed by atoms with van der Waals surface area (Å²) in [4.78, 5) is 0. The second kappa shape index (κ2) is 27.7. The number of benzene rings is 18. The van der Waals surface area contributed by atoms with Crippen molar-refractivity contribution in [1.29, 1.82) is 0 Å². The molecule has 4 nitrogen and oxygen atoms in total. The maximum Gasteiger partial charge on any atom is 0.0541 e. The van der Waals surface area contributed by atoms with Crippen molar-refractivity contribution in [2.45, 2.75) is 0 Å². The lowest BCUT2D eigenvalue weighted by molar-refractivity contribution is 1.18. The molecule has 0 spiro atoms. The van der Waals surface area contributed by atoms with Crippen molar-refractivity contribution >= 4 is 87.2 Å². The minimum absolute atomic E-state index is 1.15. The largest absolute Gasteiger partial charge is 0.309 e. The SMILES string of the molecule is c1ccc(-c2ccc(-n3c4ccccc4c4cc(-c5ccc6c(c5)c5ccccc5n6-c5ccccc5-c5ccccc5)ccc43)cc2-c2ccccc2)cc1.c1ccc(-c2ccccc2-c2ccc(-n3c4ccccc4c4cc(-c5ccc6c(c5)c5ccccc5n6-c5ccccc5-c5ccccc5)ccc43)cc2)cc1. The van der Waals surface area contributed by atoms with E-state index in [4.69, 9.17) is 0 Å². The summed E-state index contributed by atoms with van der Waals surface area (Å²) in [5.41, 5.74) is 33.7.